The van der Waals surface area contributed by atoms with Crippen LogP contribution in [0.3, 0.4) is 0 Å². The highest BCUT2D eigenvalue weighted by Gasteiger charge is 2.26. The van der Waals surface area contributed by atoms with Crippen molar-refractivity contribution in [2.24, 2.45) is 0 Å². The van der Waals surface area contributed by atoms with E-state index in [-0.39, 0.29) is 30.2 Å². The van der Waals surface area contributed by atoms with Crippen LogP contribution < -0.4 is 5.73 Å². The van der Waals surface area contributed by atoms with Gasteiger partial charge in [-0.15, -0.1) is 5.10 Å². The van der Waals surface area contributed by atoms with Crippen LogP contribution in [0.2, 0.25) is 0 Å². The van der Waals surface area contributed by atoms with Crippen molar-refractivity contribution < 1.29 is 18.7 Å². The number of anilines is 1. The molecule has 0 aliphatic carbocycles. The molecule has 0 fully saturated rings. The average Bonchev–Trinajstić information content (AvgIpc) is 3.23. The minimum absolute atomic E-state index is 0.0484. The summed E-state index contributed by atoms with van der Waals surface area (Å²) in [7, 11) is 0. The first-order chi connectivity index (χ1) is 16.1. The van der Waals surface area contributed by atoms with Gasteiger partial charge in [0.2, 0.25) is 5.95 Å². The van der Waals surface area contributed by atoms with Crippen LogP contribution in [-0.4, -0.2) is 41.0 Å². The van der Waals surface area contributed by atoms with Crippen LogP contribution >= 0.6 is 0 Å². The normalized spacial score (nSPS) is 11.5. The summed E-state index contributed by atoms with van der Waals surface area (Å²) in [5.74, 6) is -2.28. The van der Waals surface area contributed by atoms with Gasteiger partial charge >= 0.3 is 5.97 Å². The smallest absolute Gasteiger partial charge is 0.304 e. The Morgan fingerprint density at radius 1 is 1.06 bits per heavy atom. The van der Waals surface area contributed by atoms with Crippen LogP contribution in [0.15, 0.2) is 48.7 Å². The SMILES string of the molecule is CC(C)(CC(=O)O)c1cccc(Cn2cc(-c3cc(-c4cc(F)ccc4F)nc(N)n3)nn2)n1. The molecule has 3 aromatic heterocycles. The molecule has 0 bridgehead atoms. The summed E-state index contributed by atoms with van der Waals surface area (Å²) in [5.41, 5.74) is 7.19. The Hall–Kier alpha value is -4.28. The van der Waals surface area contributed by atoms with E-state index in [2.05, 4.69) is 25.3 Å². The van der Waals surface area contributed by atoms with Gasteiger partial charge in [0.1, 0.15) is 17.3 Å². The number of nitrogen functional groups attached to an aromatic ring is 1. The predicted molar refractivity (Wildman–Crippen MR) is 119 cm³/mol. The number of rotatable bonds is 7. The minimum atomic E-state index is -0.903. The lowest BCUT2D eigenvalue weighted by Gasteiger charge is -2.22. The van der Waals surface area contributed by atoms with Crippen molar-refractivity contribution in [2.75, 3.05) is 5.73 Å². The van der Waals surface area contributed by atoms with E-state index in [1.54, 1.807) is 18.3 Å². The second-order valence-corrected chi connectivity index (χ2v) is 8.39. The fourth-order valence-corrected chi connectivity index (χ4v) is 3.50. The number of hydrogen-bond donors (Lipinski definition) is 2. The van der Waals surface area contributed by atoms with Crippen LogP contribution in [0.5, 0.6) is 0 Å². The Labute approximate surface area is 193 Å². The quantitative estimate of drug-likeness (QED) is 0.424. The molecule has 0 saturated carbocycles. The Morgan fingerprint density at radius 2 is 1.82 bits per heavy atom. The molecule has 3 heterocycles. The Bertz CT molecular complexity index is 1370. The zero-order valence-corrected chi connectivity index (χ0v) is 18.4. The second-order valence-electron chi connectivity index (χ2n) is 8.39. The van der Waals surface area contributed by atoms with E-state index in [4.69, 9.17) is 10.8 Å². The average molecular weight is 465 g/mol. The molecule has 0 amide bonds. The molecule has 0 aliphatic heterocycles. The number of pyridine rings is 1. The first kappa shape index (κ1) is 22.9. The monoisotopic (exact) mass is 465 g/mol. The number of carboxylic acids is 1. The third-order valence-corrected chi connectivity index (χ3v) is 5.17. The summed E-state index contributed by atoms with van der Waals surface area (Å²) in [6, 6.07) is 9.91. The van der Waals surface area contributed by atoms with Gasteiger partial charge in [0, 0.05) is 16.7 Å². The number of halogens is 2. The van der Waals surface area contributed by atoms with Crippen LogP contribution in [0, 0.1) is 11.6 Å². The Morgan fingerprint density at radius 3 is 2.59 bits per heavy atom. The van der Waals surface area contributed by atoms with Crippen LogP contribution in [0.25, 0.3) is 22.6 Å². The van der Waals surface area contributed by atoms with Crippen molar-refractivity contribution in [2.45, 2.75) is 32.2 Å². The molecule has 11 heteroatoms. The molecule has 4 rings (SSSR count). The van der Waals surface area contributed by atoms with E-state index in [9.17, 15) is 13.6 Å². The number of hydrogen-bond acceptors (Lipinski definition) is 7. The first-order valence-electron chi connectivity index (χ1n) is 10.3. The molecular formula is C23H21F2N7O2. The fraction of sp³-hybridized carbons (Fsp3) is 0.217. The maximum Gasteiger partial charge on any atom is 0.304 e. The molecule has 1 aromatic carbocycles. The number of aromatic nitrogens is 6. The van der Waals surface area contributed by atoms with Gasteiger partial charge in [-0.3, -0.25) is 9.78 Å². The van der Waals surface area contributed by atoms with Gasteiger partial charge in [-0.2, -0.15) is 0 Å². The Balaban J connectivity index is 1.60. The predicted octanol–water partition coefficient (Wildman–Crippen LogP) is 3.46. The lowest BCUT2D eigenvalue weighted by Crippen LogP contribution is -2.23. The molecule has 3 N–H and O–H groups in total. The van der Waals surface area contributed by atoms with Gasteiger partial charge in [-0.25, -0.2) is 23.4 Å². The number of carboxylic acid groups (broad SMARTS) is 1. The highest BCUT2D eigenvalue weighted by molar-refractivity contribution is 5.69. The van der Waals surface area contributed by atoms with Crippen LogP contribution in [0.1, 0.15) is 31.7 Å². The van der Waals surface area contributed by atoms with E-state index in [1.165, 1.54) is 10.7 Å². The summed E-state index contributed by atoms with van der Waals surface area (Å²) >= 11 is 0. The van der Waals surface area contributed by atoms with Crippen molar-refractivity contribution in [3.8, 4) is 22.6 Å². The summed E-state index contributed by atoms with van der Waals surface area (Å²) in [6.45, 7) is 3.91. The van der Waals surface area contributed by atoms with Gasteiger partial charge in [0.25, 0.3) is 0 Å². The van der Waals surface area contributed by atoms with E-state index >= 15 is 0 Å². The molecule has 34 heavy (non-hydrogen) atoms. The van der Waals surface area contributed by atoms with Gasteiger partial charge in [-0.05, 0) is 36.4 Å². The number of benzene rings is 1. The van der Waals surface area contributed by atoms with Gasteiger partial charge in [0.05, 0.1) is 36.2 Å². The molecule has 0 spiro atoms. The van der Waals surface area contributed by atoms with Gasteiger partial charge < -0.3 is 10.8 Å². The van der Waals surface area contributed by atoms with Crippen LogP contribution in [0.4, 0.5) is 14.7 Å². The summed E-state index contributed by atoms with van der Waals surface area (Å²) < 4.78 is 29.4. The molecule has 4 aromatic rings. The number of carbonyl (C=O) groups is 1. The Kier molecular flexibility index (Phi) is 6.01. The molecule has 0 saturated heterocycles. The lowest BCUT2D eigenvalue weighted by atomic mass is 9.85. The fourth-order valence-electron chi connectivity index (χ4n) is 3.50. The maximum absolute atomic E-state index is 14.2. The van der Waals surface area contributed by atoms with E-state index in [1.807, 2.05) is 19.9 Å². The summed E-state index contributed by atoms with van der Waals surface area (Å²) in [4.78, 5) is 23.9. The van der Waals surface area contributed by atoms with Crippen molar-refractivity contribution in [1.82, 2.24) is 29.9 Å². The summed E-state index contributed by atoms with van der Waals surface area (Å²) in [5, 5.41) is 17.3. The molecule has 0 aliphatic rings. The standard InChI is InChI=1S/C23H21F2N7O2/c1-23(2,10-21(33)34)20-5-3-4-14(27-20)11-32-12-19(30-31-32)18-9-17(28-22(26)29-18)15-8-13(24)6-7-16(15)25/h3-9,12H,10-11H2,1-2H3,(H,33,34)(H2,26,28,29). The number of nitrogens with zero attached hydrogens (tertiary/aromatic N) is 6. The largest absolute Gasteiger partial charge is 0.481 e. The number of aliphatic carboxylic acids is 1. The lowest BCUT2D eigenvalue weighted by molar-refractivity contribution is -0.138. The second kappa shape index (κ2) is 8.93. The molecule has 0 unspecified atom stereocenters. The van der Waals surface area contributed by atoms with Crippen molar-refractivity contribution >= 4 is 11.9 Å². The van der Waals surface area contributed by atoms with Crippen molar-refractivity contribution in [3.63, 3.8) is 0 Å². The summed E-state index contributed by atoms with van der Waals surface area (Å²) in [6.07, 6.45) is 1.56. The first-order valence-corrected chi connectivity index (χ1v) is 10.3. The topological polar surface area (TPSA) is 133 Å². The van der Waals surface area contributed by atoms with Crippen LogP contribution in [-0.2, 0) is 16.8 Å². The zero-order chi connectivity index (χ0) is 24.5. The molecule has 174 valence electrons. The molecule has 0 atom stereocenters. The van der Waals surface area contributed by atoms with Gasteiger partial charge in [-0.1, -0.05) is 25.1 Å². The van der Waals surface area contributed by atoms with E-state index < -0.39 is 23.0 Å². The van der Waals surface area contributed by atoms with Gasteiger partial charge in [0.15, 0.2) is 0 Å². The van der Waals surface area contributed by atoms with E-state index in [0.717, 1.165) is 18.2 Å². The third kappa shape index (κ3) is 5.03. The highest BCUT2D eigenvalue weighted by Crippen LogP contribution is 2.27. The third-order valence-electron chi connectivity index (χ3n) is 5.17. The molecule has 0 radical (unpaired) electrons. The molecular weight excluding hydrogens is 444 g/mol. The minimum Gasteiger partial charge on any atom is -0.481 e. The van der Waals surface area contributed by atoms with Crippen molar-refractivity contribution in [1.29, 1.82) is 0 Å². The van der Waals surface area contributed by atoms with E-state index in [0.29, 0.717) is 22.8 Å². The molecule has 9 nitrogen and oxygen atoms in total. The zero-order valence-electron chi connectivity index (χ0n) is 18.4. The van der Waals surface area contributed by atoms with Crippen molar-refractivity contribution in [3.05, 3.63) is 71.7 Å². The maximum atomic E-state index is 14.2. The number of nitrogens with two attached hydrogens (primary N) is 1. The highest BCUT2D eigenvalue weighted by atomic mass is 19.1.